The van der Waals surface area contributed by atoms with E-state index < -0.39 is 32.0 Å². The van der Waals surface area contributed by atoms with Crippen LogP contribution in [0.1, 0.15) is 97.2 Å². The van der Waals surface area contributed by atoms with Crippen molar-refractivity contribution in [1.29, 1.82) is 0 Å². The Morgan fingerprint density at radius 2 is 1.58 bits per heavy atom. The number of halogens is 1. The van der Waals surface area contributed by atoms with Crippen molar-refractivity contribution < 1.29 is 26.4 Å². The first-order chi connectivity index (χ1) is 29.4. The highest BCUT2D eigenvalue weighted by Crippen LogP contribution is 2.57. The molecule has 1 aliphatic carbocycles. The largest absolute Gasteiger partial charge is 0.413 e. The normalized spacial score (nSPS) is 19.9. The second kappa shape index (κ2) is 18.9. The maximum atomic E-state index is 16.0. The first kappa shape index (κ1) is 46.4. The van der Waals surface area contributed by atoms with Gasteiger partial charge in [-0.2, -0.15) is 8.42 Å². The molecule has 0 spiro atoms. The van der Waals surface area contributed by atoms with E-state index >= 15 is 4.57 Å². The van der Waals surface area contributed by atoms with Crippen molar-refractivity contribution in [3.8, 4) is 0 Å². The molecular weight excluding hydrogens is 877 g/mol. The summed E-state index contributed by atoms with van der Waals surface area (Å²) >= 11 is 8.10. The van der Waals surface area contributed by atoms with E-state index in [0.717, 1.165) is 32.2 Å². The van der Waals surface area contributed by atoms with Crippen LogP contribution in [0.25, 0.3) is 0 Å². The lowest BCUT2D eigenvalue weighted by Crippen LogP contribution is -2.51. The number of aryl methyl sites for hydroxylation is 1. The molecule has 16 heteroatoms. The van der Waals surface area contributed by atoms with E-state index in [1.54, 1.807) is 0 Å². The van der Waals surface area contributed by atoms with Crippen LogP contribution in [-0.2, 0) is 29.9 Å². The van der Waals surface area contributed by atoms with E-state index in [2.05, 4.69) is 61.5 Å². The van der Waals surface area contributed by atoms with Crippen LogP contribution < -0.4 is 21.1 Å². The monoisotopic (exact) mass is 933 g/mol. The molecule has 1 fully saturated rings. The predicted molar refractivity (Wildman–Crippen MR) is 253 cm³/mol. The first-order valence-electron chi connectivity index (χ1n) is 21.3. The van der Waals surface area contributed by atoms with Gasteiger partial charge in [-0.3, -0.25) is 13.5 Å². The lowest BCUT2D eigenvalue weighted by atomic mass is 9.90. The van der Waals surface area contributed by atoms with Gasteiger partial charge >= 0.3 is 10.3 Å². The van der Waals surface area contributed by atoms with Gasteiger partial charge in [0.05, 0.1) is 29.2 Å². The molecule has 0 amide bonds. The Morgan fingerprint density at radius 3 is 2.18 bits per heavy atom. The third-order valence-electron chi connectivity index (χ3n) is 12.8. The van der Waals surface area contributed by atoms with Crippen molar-refractivity contribution in [2.75, 3.05) is 18.5 Å². The summed E-state index contributed by atoms with van der Waals surface area (Å²) in [7, 11) is -9.99. The Balaban J connectivity index is 1.23. The van der Waals surface area contributed by atoms with Crippen LogP contribution in [0.3, 0.4) is 0 Å². The molecule has 11 nitrogen and oxygen atoms in total. The van der Waals surface area contributed by atoms with E-state index in [1.165, 1.54) is 23.9 Å². The minimum Gasteiger partial charge on any atom is -0.413 e. The highest BCUT2D eigenvalue weighted by atomic mass is 35.5. The zero-order valence-corrected chi connectivity index (χ0v) is 40.6. The molecule has 5 aromatic rings. The molecule has 2 aliphatic rings. The molecule has 0 unspecified atom stereocenters. The summed E-state index contributed by atoms with van der Waals surface area (Å²) in [6.07, 6.45) is 4.40. The number of fused-ring (bicyclic) bond motifs is 1. The Kier molecular flexibility index (Phi) is 14.1. The van der Waals surface area contributed by atoms with Gasteiger partial charge in [-0.1, -0.05) is 95.6 Å². The fourth-order valence-electron chi connectivity index (χ4n) is 10.1. The fraction of sp³-hybridized carbons (Fsp3) is 0.413. The number of anilines is 1. The molecule has 1 aliphatic heterocycles. The minimum atomic E-state index is -4.18. The van der Waals surface area contributed by atoms with Crippen LogP contribution in [0.2, 0.25) is 21.6 Å². The van der Waals surface area contributed by atoms with Crippen LogP contribution in [0, 0.1) is 12.8 Å². The number of nitrogens with one attached hydrogen (secondary N) is 1. The van der Waals surface area contributed by atoms with E-state index in [0.29, 0.717) is 63.7 Å². The van der Waals surface area contributed by atoms with Crippen LogP contribution in [0.5, 0.6) is 0 Å². The lowest BCUT2D eigenvalue weighted by molar-refractivity contribution is 0.103. The zero-order valence-electron chi connectivity index (χ0n) is 36.3. The lowest BCUT2D eigenvalue weighted by Gasteiger charge is -2.45. The highest BCUT2D eigenvalue weighted by Gasteiger charge is 2.50. The molecular formula is C46H57ClN5O6PS2Si. The highest BCUT2D eigenvalue weighted by molar-refractivity contribution is 7.84. The van der Waals surface area contributed by atoms with E-state index in [4.69, 9.17) is 25.3 Å². The number of hydrogen-bond acceptors (Lipinski definition) is 10. The third kappa shape index (κ3) is 9.32. The number of benzene rings is 3. The predicted octanol–water partition coefficient (Wildman–Crippen LogP) is 9.58. The first-order valence-corrected chi connectivity index (χ1v) is 27.7. The van der Waals surface area contributed by atoms with Crippen LogP contribution in [0.15, 0.2) is 97.5 Å². The SMILES string of the molecule is Cc1sc(C(=O)c2cncnc2N[C@@H]2C[C@H](COS(N)(=O)=O)[C@@H](O[Si](C(C)C)(C(C)C)C(C)C)C2)cc1[C@H]1c2cc(Cl)ccc2CCN1P(=O)(c1ccccc1)c1ccccc1. The number of carbonyl (C=O) groups is 1. The number of nitrogens with two attached hydrogens (primary N) is 1. The van der Waals surface area contributed by atoms with Gasteiger partial charge in [-0.05, 0) is 102 Å². The molecule has 0 saturated heterocycles. The van der Waals surface area contributed by atoms with E-state index in [1.807, 2.05) is 91.9 Å². The van der Waals surface area contributed by atoms with Gasteiger partial charge in [0, 0.05) is 45.2 Å². The quantitative estimate of drug-likeness (QED) is 0.0556. The molecule has 2 aromatic heterocycles. The number of carbonyl (C=O) groups excluding carboxylic acids is 1. The molecule has 7 rings (SSSR count). The zero-order chi connectivity index (χ0) is 44.6. The van der Waals surface area contributed by atoms with E-state index in [-0.39, 0.29) is 30.5 Å². The number of thiophene rings is 1. The van der Waals surface area contributed by atoms with Crippen molar-refractivity contribution in [3.05, 3.63) is 134 Å². The van der Waals surface area contributed by atoms with Gasteiger partial charge in [0.15, 0.2) is 0 Å². The molecule has 0 radical (unpaired) electrons. The van der Waals surface area contributed by atoms with Gasteiger partial charge in [0.2, 0.25) is 21.4 Å². The third-order valence-corrected chi connectivity index (χ3v) is 23.8. The summed E-state index contributed by atoms with van der Waals surface area (Å²) in [4.78, 5) is 25.0. The molecule has 3 aromatic carbocycles. The number of hydrogen-bond donors (Lipinski definition) is 2. The summed E-state index contributed by atoms with van der Waals surface area (Å²) in [5.41, 5.74) is 4.20. The molecule has 3 N–H and O–H groups in total. The van der Waals surface area contributed by atoms with Crippen molar-refractivity contribution in [2.45, 2.75) is 103 Å². The molecule has 4 atom stereocenters. The Bertz CT molecular complexity index is 2480. The van der Waals surface area contributed by atoms with E-state index in [9.17, 15) is 13.2 Å². The fourth-order valence-corrected chi connectivity index (χ4v) is 20.3. The van der Waals surface area contributed by atoms with Gasteiger partial charge in [0.1, 0.15) is 12.1 Å². The van der Waals surface area contributed by atoms with Crippen molar-refractivity contribution in [1.82, 2.24) is 14.6 Å². The number of aromatic nitrogens is 2. The number of rotatable bonds is 16. The van der Waals surface area contributed by atoms with Gasteiger partial charge in [-0.15, -0.1) is 11.3 Å². The van der Waals surface area contributed by atoms with Crippen molar-refractivity contribution in [3.63, 3.8) is 0 Å². The average Bonchev–Trinajstić information content (AvgIpc) is 3.82. The summed E-state index contributed by atoms with van der Waals surface area (Å²) < 4.78 is 54.5. The standard InChI is InChI=1S/C46H57ClN5O6PS2Si/c1-29(2)62(30(3)4,31(5)6)58-42-24-36(22-34(42)27-57-61(48,55)56)51-46-41(26-49-28-50-46)45(53)43-25-39(32(7)60-43)44-40-23-35(47)19-18-33(40)20-21-52(44)59(54,37-14-10-8-11-15-37)38-16-12-9-13-17-38/h8-19,23,25-26,28-31,34,36,42,44H,20-22,24,27H2,1-7H3,(H2,48,55,56)(H,49,50,51)/t34-,36-,42+,44+/m1/s1. The van der Waals surface area contributed by atoms with Crippen molar-refractivity contribution >= 4 is 71.1 Å². The molecule has 330 valence electrons. The number of ketones is 1. The van der Waals surface area contributed by atoms with Gasteiger partial charge in [-0.25, -0.2) is 19.8 Å². The maximum absolute atomic E-state index is 16.0. The Hall–Kier alpha value is -3.56. The molecule has 1 saturated carbocycles. The topological polar surface area (TPSA) is 154 Å². The second-order valence-corrected chi connectivity index (χ2v) is 28.5. The smallest absolute Gasteiger partial charge is 0.333 e. The molecule has 0 bridgehead atoms. The van der Waals surface area contributed by atoms with Crippen LogP contribution in [-0.4, -0.2) is 62.5 Å². The Labute approximate surface area is 376 Å². The summed E-state index contributed by atoms with van der Waals surface area (Å²) in [5.74, 6) is -0.139. The number of nitrogens with zero attached hydrogens (tertiary/aromatic N) is 3. The minimum absolute atomic E-state index is 0.110. The van der Waals surface area contributed by atoms with Gasteiger partial charge in [0.25, 0.3) is 0 Å². The summed E-state index contributed by atoms with van der Waals surface area (Å²) in [6, 6.07) is 26.4. The summed E-state index contributed by atoms with van der Waals surface area (Å²) in [5, 5.41) is 10.9. The molecule has 62 heavy (non-hydrogen) atoms. The van der Waals surface area contributed by atoms with Crippen LogP contribution >= 0.6 is 30.2 Å². The Morgan fingerprint density at radius 1 is 0.952 bits per heavy atom. The summed E-state index contributed by atoms with van der Waals surface area (Å²) in [6.45, 7) is 15.7. The molecule has 3 heterocycles. The maximum Gasteiger partial charge on any atom is 0.333 e. The average molecular weight is 935 g/mol. The van der Waals surface area contributed by atoms with Gasteiger partial charge < -0.3 is 9.74 Å². The van der Waals surface area contributed by atoms with Crippen LogP contribution in [0.4, 0.5) is 5.82 Å². The second-order valence-electron chi connectivity index (χ2n) is 17.5. The van der Waals surface area contributed by atoms with Crippen molar-refractivity contribution in [2.24, 2.45) is 11.1 Å².